The second-order valence-electron chi connectivity index (χ2n) is 6.33. The van der Waals surface area contributed by atoms with Crippen LogP contribution in [0.25, 0.3) is 11.0 Å². The van der Waals surface area contributed by atoms with E-state index in [4.69, 9.17) is 4.42 Å². The number of fused-ring (bicyclic) bond motifs is 1. The maximum absolute atomic E-state index is 11.4. The summed E-state index contributed by atoms with van der Waals surface area (Å²) >= 11 is 0. The molecule has 1 aliphatic carbocycles. The van der Waals surface area contributed by atoms with Crippen LogP contribution in [-0.2, 0) is 6.54 Å². The van der Waals surface area contributed by atoms with Gasteiger partial charge >= 0.3 is 5.97 Å². The largest absolute Gasteiger partial charge is 0.475 e. The maximum atomic E-state index is 11.4. The maximum Gasteiger partial charge on any atom is 0.372 e. The molecule has 0 unspecified atom stereocenters. The highest BCUT2D eigenvalue weighted by Crippen LogP contribution is 2.37. The standard InChI is InChI=1S/C17H21NO3/c1-17(8-4-5-9-17)11-18-10-13-12-6-2-3-7-14(12)21-15(13)16(19)20/h2-3,6-7,18H,4-5,8-11H2,1H3,(H,19,20). The van der Waals surface area contributed by atoms with Gasteiger partial charge in [0, 0.05) is 24.0 Å². The van der Waals surface area contributed by atoms with Gasteiger partial charge in [-0.1, -0.05) is 38.0 Å². The zero-order chi connectivity index (χ0) is 14.9. The summed E-state index contributed by atoms with van der Waals surface area (Å²) in [5, 5.41) is 13.6. The molecule has 0 aliphatic heterocycles. The fourth-order valence-electron chi connectivity index (χ4n) is 3.34. The molecular formula is C17H21NO3. The highest BCUT2D eigenvalue weighted by molar-refractivity contribution is 5.95. The lowest BCUT2D eigenvalue weighted by atomic mass is 9.89. The Kier molecular flexibility index (Phi) is 3.72. The minimum absolute atomic E-state index is 0.0558. The molecule has 0 saturated heterocycles. The Labute approximate surface area is 124 Å². The SMILES string of the molecule is CC1(CNCc2c(C(=O)O)oc3ccccc23)CCCC1. The minimum Gasteiger partial charge on any atom is -0.475 e. The number of hydrogen-bond donors (Lipinski definition) is 2. The monoisotopic (exact) mass is 287 g/mol. The van der Waals surface area contributed by atoms with Crippen LogP contribution >= 0.6 is 0 Å². The van der Waals surface area contributed by atoms with E-state index in [2.05, 4.69) is 12.2 Å². The van der Waals surface area contributed by atoms with Crippen molar-refractivity contribution in [3.63, 3.8) is 0 Å². The number of aromatic carboxylic acids is 1. The number of carboxylic acids is 1. The molecule has 21 heavy (non-hydrogen) atoms. The van der Waals surface area contributed by atoms with Crippen LogP contribution in [0.5, 0.6) is 0 Å². The number of carbonyl (C=O) groups is 1. The second-order valence-corrected chi connectivity index (χ2v) is 6.33. The van der Waals surface area contributed by atoms with E-state index in [1.807, 2.05) is 24.3 Å². The lowest BCUT2D eigenvalue weighted by molar-refractivity contribution is 0.0663. The smallest absolute Gasteiger partial charge is 0.372 e. The molecule has 0 bridgehead atoms. The molecule has 112 valence electrons. The van der Waals surface area contributed by atoms with E-state index in [0.29, 0.717) is 17.5 Å². The van der Waals surface area contributed by atoms with Crippen LogP contribution in [0, 0.1) is 5.41 Å². The van der Waals surface area contributed by atoms with E-state index in [9.17, 15) is 9.90 Å². The molecule has 4 nitrogen and oxygen atoms in total. The Morgan fingerprint density at radius 3 is 2.76 bits per heavy atom. The van der Waals surface area contributed by atoms with Gasteiger partial charge in [0.1, 0.15) is 5.58 Å². The zero-order valence-corrected chi connectivity index (χ0v) is 12.3. The Balaban J connectivity index is 1.79. The minimum atomic E-state index is -1.00. The number of furan rings is 1. The Morgan fingerprint density at radius 1 is 1.33 bits per heavy atom. The number of nitrogens with one attached hydrogen (secondary N) is 1. The second kappa shape index (κ2) is 5.53. The van der Waals surface area contributed by atoms with Crippen molar-refractivity contribution in [1.29, 1.82) is 0 Å². The summed E-state index contributed by atoms with van der Waals surface area (Å²) in [5.41, 5.74) is 1.74. The van der Waals surface area contributed by atoms with Crippen LogP contribution in [0.2, 0.25) is 0 Å². The van der Waals surface area contributed by atoms with Crippen LogP contribution in [0.15, 0.2) is 28.7 Å². The van der Waals surface area contributed by atoms with E-state index >= 15 is 0 Å². The predicted octanol–water partition coefficient (Wildman–Crippen LogP) is 3.80. The van der Waals surface area contributed by atoms with Crippen molar-refractivity contribution in [2.45, 2.75) is 39.2 Å². The average molecular weight is 287 g/mol. The van der Waals surface area contributed by atoms with Gasteiger partial charge in [-0.3, -0.25) is 0 Å². The highest BCUT2D eigenvalue weighted by Gasteiger charge is 2.28. The third kappa shape index (κ3) is 2.81. The van der Waals surface area contributed by atoms with Crippen LogP contribution in [0.3, 0.4) is 0 Å². The van der Waals surface area contributed by atoms with Crippen LogP contribution in [0.1, 0.15) is 48.7 Å². The van der Waals surface area contributed by atoms with E-state index < -0.39 is 5.97 Å². The molecule has 0 atom stereocenters. The molecule has 4 heteroatoms. The van der Waals surface area contributed by atoms with E-state index in [-0.39, 0.29) is 5.76 Å². The first-order valence-electron chi connectivity index (χ1n) is 7.53. The Bertz CT molecular complexity index is 653. The molecule has 1 saturated carbocycles. The number of hydrogen-bond acceptors (Lipinski definition) is 3. The Hall–Kier alpha value is -1.81. The molecule has 1 fully saturated rings. The number of benzene rings is 1. The normalized spacial score (nSPS) is 17.4. The third-order valence-electron chi connectivity index (χ3n) is 4.56. The molecule has 2 N–H and O–H groups in total. The topological polar surface area (TPSA) is 62.5 Å². The molecule has 1 aromatic heterocycles. The third-order valence-corrected chi connectivity index (χ3v) is 4.56. The molecule has 3 rings (SSSR count). The predicted molar refractivity (Wildman–Crippen MR) is 81.5 cm³/mol. The molecule has 1 aliphatic rings. The van der Waals surface area contributed by atoms with Crippen molar-refractivity contribution in [3.05, 3.63) is 35.6 Å². The van der Waals surface area contributed by atoms with E-state index in [1.54, 1.807) is 0 Å². The van der Waals surface area contributed by atoms with Crippen molar-refractivity contribution in [1.82, 2.24) is 5.32 Å². The summed E-state index contributed by atoms with van der Waals surface area (Å²) in [6, 6.07) is 7.49. The molecule has 2 aromatic rings. The van der Waals surface area contributed by atoms with Gasteiger partial charge in [-0.15, -0.1) is 0 Å². The highest BCUT2D eigenvalue weighted by atomic mass is 16.4. The molecule has 0 amide bonds. The van der Waals surface area contributed by atoms with E-state index in [0.717, 1.165) is 17.5 Å². The lowest BCUT2D eigenvalue weighted by Crippen LogP contribution is -2.29. The summed E-state index contributed by atoms with van der Waals surface area (Å²) < 4.78 is 5.47. The molecule has 1 heterocycles. The van der Waals surface area contributed by atoms with Crippen molar-refractivity contribution in [2.24, 2.45) is 5.41 Å². The lowest BCUT2D eigenvalue weighted by Gasteiger charge is -2.23. The van der Waals surface area contributed by atoms with Crippen molar-refractivity contribution >= 4 is 16.9 Å². The van der Waals surface area contributed by atoms with Crippen LogP contribution < -0.4 is 5.32 Å². The number of para-hydroxylation sites is 1. The molecule has 1 aromatic carbocycles. The summed E-state index contributed by atoms with van der Waals surface area (Å²) in [7, 11) is 0. The summed E-state index contributed by atoms with van der Waals surface area (Å²) in [6.45, 7) is 3.76. The first-order valence-corrected chi connectivity index (χ1v) is 7.53. The van der Waals surface area contributed by atoms with Crippen molar-refractivity contribution in [3.8, 4) is 0 Å². The van der Waals surface area contributed by atoms with Crippen molar-refractivity contribution in [2.75, 3.05) is 6.54 Å². The summed E-state index contributed by atoms with van der Waals surface area (Å²) in [5.74, 6) is -0.949. The number of rotatable bonds is 5. The molecular weight excluding hydrogens is 266 g/mol. The van der Waals surface area contributed by atoms with Gasteiger partial charge in [-0.25, -0.2) is 4.79 Å². The molecule has 0 radical (unpaired) electrons. The van der Waals surface area contributed by atoms with Gasteiger partial charge in [0.2, 0.25) is 5.76 Å². The van der Waals surface area contributed by atoms with Crippen molar-refractivity contribution < 1.29 is 14.3 Å². The summed E-state index contributed by atoms with van der Waals surface area (Å²) in [4.78, 5) is 11.4. The van der Waals surface area contributed by atoms with Gasteiger partial charge in [0.25, 0.3) is 0 Å². The summed E-state index contributed by atoms with van der Waals surface area (Å²) in [6.07, 6.45) is 5.09. The fraction of sp³-hybridized carbons (Fsp3) is 0.471. The van der Waals surface area contributed by atoms with Gasteiger partial charge < -0.3 is 14.8 Å². The van der Waals surface area contributed by atoms with Gasteiger partial charge in [0.05, 0.1) is 0 Å². The average Bonchev–Trinajstić information content (AvgIpc) is 3.04. The Morgan fingerprint density at radius 2 is 2.05 bits per heavy atom. The quantitative estimate of drug-likeness (QED) is 0.878. The first-order chi connectivity index (χ1) is 10.1. The van der Waals surface area contributed by atoms with Crippen LogP contribution in [0.4, 0.5) is 0 Å². The zero-order valence-electron chi connectivity index (χ0n) is 12.3. The van der Waals surface area contributed by atoms with Crippen LogP contribution in [-0.4, -0.2) is 17.6 Å². The fourth-order valence-corrected chi connectivity index (χ4v) is 3.34. The van der Waals surface area contributed by atoms with Gasteiger partial charge in [0.15, 0.2) is 0 Å². The van der Waals surface area contributed by atoms with Gasteiger partial charge in [-0.2, -0.15) is 0 Å². The van der Waals surface area contributed by atoms with Gasteiger partial charge in [-0.05, 0) is 24.3 Å². The first kappa shape index (κ1) is 14.1. The number of carboxylic acid groups (broad SMARTS) is 1. The van der Waals surface area contributed by atoms with E-state index in [1.165, 1.54) is 25.7 Å². The molecule has 0 spiro atoms.